The second-order valence-electron chi connectivity index (χ2n) is 5.62. The van der Waals surface area contributed by atoms with Gasteiger partial charge in [-0.05, 0) is 36.3 Å². The molecule has 0 amide bonds. The van der Waals surface area contributed by atoms with Crippen molar-refractivity contribution in [3.05, 3.63) is 36.0 Å². The summed E-state index contributed by atoms with van der Waals surface area (Å²) in [6, 6.07) is 10.9. The van der Waals surface area contributed by atoms with Gasteiger partial charge >= 0.3 is 0 Å². The Morgan fingerprint density at radius 2 is 1.79 bits per heavy atom. The average Bonchev–Trinajstić information content (AvgIpc) is 2.86. The second-order valence-corrected chi connectivity index (χ2v) is 5.62. The molecule has 1 unspecified atom stereocenters. The molecule has 1 heteroatoms. The van der Waals surface area contributed by atoms with Gasteiger partial charge in [-0.25, -0.2) is 0 Å². The van der Waals surface area contributed by atoms with Crippen LogP contribution in [0.3, 0.4) is 0 Å². The fourth-order valence-electron chi connectivity index (χ4n) is 2.89. The zero-order valence-electron chi connectivity index (χ0n) is 12.4. The Morgan fingerprint density at radius 1 is 1.00 bits per heavy atom. The first-order chi connectivity index (χ1) is 9.35. The quantitative estimate of drug-likeness (QED) is 0.556. The van der Waals surface area contributed by atoms with Crippen LogP contribution in [-0.4, -0.2) is 4.98 Å². The highest BCUT2D eigenvalue weighted by molar-refractivity contribution is 5.80. The zero-order valence-corrected chi connectivity index (χ0v) is 12.4. The predicted octanol–water partition coefficient (Wildman–Crippen LogP) is 6.02. The molecule has 0 spiro atoms. The molecule has 0 aliphatic carbocycles. The summed E-state index contributed by atoms with van der Waals surface area (Å²) < 4.78 is 0. The number of unbranched alkanes of at least 4 members (excludes halogenated alkanes) is 4. The van der Waals surface area contributed by atoms with Crippen molar-refractivity contribution in [2.45, 2.75) is 64.7 Å². The molecule has 1 N–H and O–H groups in total. The normalized spacial score (nSPS) is 12.9. The Hall–Kier alpha value is -1.24. The van der Waals surface area contributed by atoms with E-state index in [0.717, 1.165) is 0 Å². The Bertz CT molecular complexity index is 450. The minimum absolute atomic E-state index is 0.703. The average molecular weight is 257 g/mol. The van der Waals surface area contributed by atoms with Crippen LogP contribution >= 0.6 is 0 Å². The Kier molecular flexibility index (Phi) is 5.50. The van der Waals surface area contributed by atoms with E-state index in [1.807, 2.05) is 0 Å². The van der Waals surface area contributed by atoms with Crippen molar-refractivity contribution in [2.75, 3.05) is 0 Å². The minimum Gasteiger partial charge on any atom is -0.358 e. The van der Waals surface area contributed by atoms with Gasteiger partial charge in [0.05, 0.1) is 0 Å². The van der Waals surface area contributed by atoms with Crippen LogP contribution in [0.25, 0.3) is 10.9 Å². The third kappa shape index (κ3) is 3.86. The SMILES string of the molecule is CCCCCCCC(CC)c1cc2ccccc2[nH]1. The van der Waals surface area contributed by atoms with Crippen molar-refractivity contribution in [2.24, 2.45) is 0 Å². The molecule has 1 aromatic heterocycles. The van der Waals surface area contributed by atoms with Crippen LogP contribution in [0.4, 0.5) is 0 Å². The van der Waals surface area contributed by atoms with Gasteiger partial charge in [-0.15, -0.1) is 0 Å². The largest absolute Gasteiger partial charge is 0.358 e. The van der Waals surface area contributed by atoms with E-state index in [9.17, 15) is 0 Å². The van der Waals surface area contributed by atoms with Crippen molar-refractivity contribution >= 4 is 10.9 Å². The van der Waals surface area contributed by atoms with E-state index in [2.05, 4.69) is 49.2 Å². The van der Waals surface area contributed by atoms with Gasteiger partial charge in [0.25, 0.3) is 0 Å². The van der Waals surface area contributed by atoms with Crippen molar-refractivity contribution in [1.29, 1.82) is 0 Å². The molecule has 1 atom stereocenters. The predicted molar refractivity (Wildman–Crippen MR) is 84.7 cm³/mol. The molecule has 19 heavy (non-hydrogen) atoms. The number of fused-ring (bicyclic) bond motifs is 1. The van der Waals surface area contributed by atoms with E-state index >= 15 is 0 Å². The molecule has 0 saturated carbocycles. The fraction of sp³-hybridized carbons (Fsp3) is 0.556. The molecule has 1 nitrogen and oxygen atoms in total. The Balaban J connectivity index is 1.93. The van der Waals surface area contributed by atoms with E-state index in [1.165, 1.54) is 61.5 Å². The lowest BCUT2D eigenvalue weighted by atomic mass is 9.95. The summed E-state index contributed by atoms with van der Waals surface area (Å²) in [4.78, 5) is 3.60. The van der Waals surface area contributed by atoms with Gasteiger partial charge < -0.3 is 4.98 Å². The summed E-state index contributed by atoms with van der Waals surface area (Å²) >= 11 is 0. The molecular weight excluding hydrogens is 230 g/mol. The number of para-hydroxylation sites is 1. The first-order valence-corrected chi connectivity index (χ1v) is 7.92. The summed E-state index contributed by atoms with van der Waals surface area (Å²) in [6.07, 6.45) is 9.45. The van der Waals surface area contributed by atoms with Crippen LogP contribution in [0.5, 0.6) is 0 Å². The highest BCUT2D eigenvalue weighted by atomic mass is 14.7. The smallest absolute Gasteiger partial charge is 0.0456 e. The summed E-state index contributed by atoms with van der Waals surface area (Å²) in [5, 5.41) is 1.35. The van der Waals surface area contributed by atoms with Gasteiger partial charge in [-0.1, -0.05) is 64.2 Å². The van der Waals surface area contributed by atoms with Crippen LogP contribution < -0.4 is 0 Å². The minimum atomic E-state index is 0.703. The number of nitrogens with one attached hydrogen (secondary N) is 1. The molecule has 0 saturated heterocycles. The Morgan fingerprint density at radius 3 is 2.53 bits per heavy atom. The van der Waals surface area contributed by atoms with E-state index in [1.54, 1.807) is 0 Å². The lowest BCUT2D eigenvalue weighted by Crippen LogP contribution is -1.97. The molecule has 104 valence electrons. The third-order valence-corrected chi connectivity index (χ3v) is 4.14. The molecule has 1 aromatic carbocycles. The molecule has 0 aliphatic rings. The zero-order chi connectivity index (χ0) is 13.5. The number of aromatic amines is 1. The number of H-pyrrole nitrogens is 1. The standard InChI is InChI=1S/C18H27N/c1-3-5-6-7-8-11-15(4-2)18-14-16-12-9-10-13-17(16)19-18/h9-10,12-15,19H,3-8,11H2,1-2H3. The number of hydrogen-bond donors (Lipinski definition) is 1. The first-order valence-electron chi connectivity index (χ1n) is 7.92. The van der Waals surface area contributed by atoms with Gasteiger partial charge in [-0.2, -0.15) is 0 Å². The van der Waals surface area contributed by atoms with Crippen LogP contribution in [-0.2, 0) is 0 Å². The lowest BCUT2D eigenvalue weighted by molar-refractivity contribution is 0.529. The molecule has 0 bridgehead atoms. The molecule has 2 rings (SSSR count). The van der Waals surface area contributed by atoms with E-state index in [0.29, 0.717) is 5.92 Å². The number of rotatable bonds is 8. The number of benzene rings is 1. The van der Waals surface area contributed by atoms with E-state index < -0.39 is 0 Å². The van der Waals surface area contributed by atoms with Gasteiger partial charge in [0.2, 0.25) is 0 Å². The van der Waals surface area contributed by atoms with Crippen molar-refractivity contribution in [3.8, 4) is 0 Å². The van der Waals surface area contributed by atoms with Gasteiger partial charge in [-0.3, -0.25) is 0 Å². The van der Waals surface area contributed by atoms with Crippen LogP contribution in [0.15, 0.2) is 30.3 Å². The summed E-state index contributed by atoms with van der Waals surface area (Å²) in [6.45, 7) is 4.58. The summed E-state index contributed by atoms with van der Waals surface area (Å²) in [5.74, 6) is 0.703. The van der Waals surface area contributed by atoms with Crippen molar-refractivity contribution in [1.82, 2.24) is 4.98 Å². The van der Waals surface area contributed by atoms with Crippen molar-refractivity contribution in [3.63, 3.8) is 0 Å². The van der Waals surface area contributed by atoms with Gasteiger partial charge in [0.15, 0.2) is 0 Å². The van der Waals surface area contributed by atoms with Crippen LogP contribution in [0.2, 0.25) is 0 Å². The Labute approximate surface area is 117 Å². The molecule has 0 aliphatic heterocycles. The number of aromatic nitrogens is 1. The highest BCUT2D eigenvalue weighted by Crippen LogP contribution is 2.28. The molecule has 0 fully saturated rings. The van der Waals surface area contributed by atoms with Crippen LogP contribution in [0, 0.1) is 0 Å². The van der Waals surface area contributed by atoms with Crippen LogP contribution in [0.1, 0.15) is 70.4 Å². The van der Waals surface area contributed by atoms with Crippen molar-refractivity contribution < 1.29 is 0 Å². The summed E-state index contributed by atoms with van der Waals surface area (Å²) in [5.41, 5.74) is 2.71. The second kappa shape index (κ2) is 7.37. The maximum Gasteiger partial charge on any atom is 0.0456 e. The fourth-order valence-corrected chi connectivity index (χ4v) is 2.89. The summed E-state index contributed by atoms with van der Waals surface area (Å²) in [7, 11) is 0. The maximum atomic E-state index is 3.60. The molecule has 1 heterocycles. The molecule has 0 radical (unpaired) electrons. The van der Waals surface area contributed by atoms with E-state index in [-0.39, 0.29) is 0 Å². The monoisotopic (exact) mass is 257 g/mol. The molecular formula is C18H27N. The third-order valence-electron chi connectivity index (χ3n) is 4.14. The maximum absolute atomic E-state index is 3.60. The van der Waals surface area contributed by atoms with Gasteiger partial charge in [0, 0.05) is 11.2 Å². The topological polar surface area (TPSA) is 15.8 Å². The highest BCUT2D eigenvalue weighted by Gasteiger charge is 2.11. The number of hydrogen-bond acceptors (Lipinski definition) is 0. The lowest BCUT2D eigenvalue weighted by Gasteiger charge is -2.13. The molecule has 2 aromatic rings. The van der Waals surface area contributed by atoms with E-state index in [4.69, 9.17) is 0 Å². The van der Waals surface area contributed by atoms with Gasteiger partial charge in [0.1, 0.15) is 0 Å². The first kappa shape index (κ1) is 14.2.